The quantitative estimate of drug-likeness (QED) is 0.0742. The Morgan fingerprint density at radius 1 is 0.714 bits per heavy atom. The van der Waals surface area contributed by atoms with Crippen LogP contribution in [0.4, 0.5) is 34.1 Å². The number of nitrogen functional groups attached to an aromatic ring is 2. The van der Waals surface area contributed by atoms with Crippen LogP contribution in [0.5, 0.6) is 5.75 Å². The minimum absolute atomic E-state index is 0. The standard InChI is InChI=1S/C27H24N6O6S.2Na/c1-14-9-16(3-6-22(14)31-30-18-5-8-25(34)19(11-18)27(35)36)17-4-7-23(15(2)10-17)32-33-24-13-26(40(37,38)39)21(29)12-20(24)28;;/h3-13,34H,28-29H2,1-2H3,(H,35,36)(H,37,38,39);;. The Hall–Kier alpha value is -3.14. The molecule has 0 aliphatic carbocycles. The molecule has 2 radical (unpaired) electrons. The average Bonchev–Trinajstić information content (AvgIpc) is 2.88. The third-order valence-electron chi connectivity index (χ3n) is 5.91. The molecule has 0 saturated heterocycles. The molecule has 0 fully saturated rings. The van der Waals surface area contributed by atoms with Crippen molar-refractivity contribution in [2.45, 2.75) is 18.7 Å². The molecule has 206 valence electrons. The minimum atomic E-state index is -4.56. The van der Waals surface area contributed by atoms with Gasteiger partial charge < -0.3 is 21.7 Å². The molecular formula is C27H24N6Na2O6S. The number of anilines is 2. The largest absolute Gasteiger partial charge is 0.507 e. The monoisotopic (exact) mass is 606 g/mol. The SMILES string of the molecule is Cc1cc(-c2ccc(N=Nc3cc(S(=O)(=O)O)c(N)cc3N)c(C)c2)ccc1N=Nc1ccc(O)c(C(=O)O)c1.[Na].[Na]. The van der Waals surface area contributed by atoms with Crippen LogP contribution in [0.2, 0.25) is 0 Å². The van der Waals surface area contributed by atoms with Gasteiger partial charge in [0.05, 0.1) is 28.4 Å². The molecule has 7 N–H and O–H groups in total. The number of aromatic hydroxyl groups is 1. The van der Waals surface area contributed by atoms with Gasteiger partial charge in [0.2, 0.25) is 0 Å². The number of aryl methyl sites for hydroxylation is 2. The summed E-state index contributed by atoms with van der Waals surface area (Å²) in [6, 6.07) is 17.3. The van der Waals surface area contributed by atoms with E-state index in [2.05, 4.69) is 20.5 Å². The van der Waals surface area contributed by atoms with E-state index in [0.29, 0.717) is 11.4 Å². The molecular weight excluding hydrogens is 582 g/mol. The van der Waals surface area contributed by atoms with Gasteiger partial charge in [0.1, 0.15) is 21.9 Å². The molecule has 12 nitrogen and oxygen atoms in total. The summed E-state index contributed by atoms with van der Waals surface area (Å²) in [7, 11) is -4.56. The van der Waals surface area contributed by atoms with E-state index in [1.165, 1.54) is 24.3 Å². The van der Waals surface area contributed by atoms with Gasteiger partial charge in [-0.1, -0.05) is 12.1 Å². The van der Waals surface area contributed by atoms with Gasteiger partial charge >= 0.3 is 5.97 Å². The van der Waals surface area contributed by atoms with E-state index in [9.17, 15) is 22.9 Å². The fraction of sp³-hybridized carbons (Fsp3) is 0.0741. The summed E-state index contributed by atoms with van der Waals surface area (Å²) in [6.45, 7) is 3.71. The maximum atomic E-state index is 11.5. The van der Waals surface area contributed by atoms with Gasteiger partial charge in [-0.15, -0.1) is 5.11 Å². The smallest absolute Gasteiger partial charge is 0.339 e. The summed E-state index contributed by atoms with van der Waals surface area (Å²) < 4.78 is 32.4. The zero-order valence-electron chi connectivity index (χ0n) is 23.3. The van der Waals surface area contributed by atoms with Crippen molar-refractivity contribution in [3.8, 4) is 16.9 Å². The number of nitrogens with zero attached hydrogens (tertiary/aromatic N) is 4. The predicted octanol–water partition coefficient (Wildman–Crippen LogP) is 5.85. The van der Waals surface area contributed by atoms with Crippen LogP contribution in [0, 0.1) is 13.8 Å². The van der Waals surface area contributed by atoms with Gasteiger partial charge in [-0.2, -0.15) is 23.8 Å². The van der Waals surface area contributed by atoms with Crippen LogP contribution < -0.4 is 11.5 Å². The number of carbonyl (C=O) groups is 1. The van der Waals surface area contributed by atoms with Crippen molar-refractivity contribution in [1.29, 1.82) is 0 Å². The third kappa shape index (κ3) is 8.24. The van der Waals surface area contributed by atoms with Crippen molar-refractivity contribution in [1.82, 2.24) is 0 Å². The van der Waals surface area contributed by atoms with Gasteiger partial charge in [-0.3, -0.25) is 4.55 Å². The van der Waals surface area contributed by atoms with E-state index < -0.39 is 21.0 Å². The maximum absolute atomic E-state index is 11.5. The Morgan fingerprint density at radius 3 is 1.74 bits per heavy atom. The number of phenols is 1. The van der Waals surface area contributed by atoms with Crippen molar-refractivity contribution in [2.24, 2.45) is 20.5 Å². The molecule has 0 atom stereocenters. The first kappa shape index (κ1) is 35.1. The summed E-state index contributed by atoms with van der Waals surface area (Å²) in [5, 5.41) is 35.3. The summed E-state index contributed by atoms with van der Waals surface area (Å²) in [4.78, 5) is 10.7. The molecule has 0 heterocycles. The summed E-state index contributed by atoms with van der Waals surface area (Å²) >= 11 is 0. The number of hydrogen-bond donors (Lipinski definition) is 5. The van der Waals surface area contributed by atoms with E-state index >= 15 is 0 Å². The fourth-order valence-electron chi connectivity index (χ4n) is 3.78. The van der Waals surface area contributed by atoms with E-state index in [-0.39, 0.29) is 93.2 Å². The average molecular weight is 607 g/mol. The van der Waals surface area contributed by atoms with Gasteiger partial charge in [0.15, 0.2) is 0 Å². The van der Waals surface area contributed by atoms with Crippen LogP contribution in [-0.4, -0.2) is 88.3 Å². The molecule has 4 aromatic rings. The number of aromatic carboxylic acids is 1. The first-order valence-corrected chi connectivity index (χ1v) is 13.1. The topological polar surface area (TPSA) is 213 Å². The van der Waals surface area contributed by atoms with E-state index in [0.717, 1.165) is 28.3 Å². The number of carboxylic acids is 1. The number of azo groups is 2. The summed E-state index contributed by atoms with van der Waals surface area (Å²) in [6.07, 6.45) is 0. The van der Waals surface area contributed by atoms with E-state index in [4.69, 9.17) is 16.6 Å². The van der Waals surface area contributed by atoms with Crippen LogP contribution in [0.25, 0.3) is 11.1 Å². The van der Waals surface area contributed by atoms with Crippen LogP contribution in [0.3, 0.4) is 0 Å². The van der Waals surface area contributed by atoms with Crippen molar-refractivity contribution >= 4 is 109 Å². The molecule has 0 bridgehead atoms. The first-order chi connectivity index (χ1) is 18.8. The molecule has 0 aliphatic heterocycles. The summed E-state index contributed by atoms with van der Waals surface area (Å²) in [5.41, 5.74) is 16.0. The molecule has 0 aliphatic rings. The molecule has 42 heavy (non-hydrogen) atoms. The molecule has 0 spiro atoms. The summed E-state index contributed by atoms with van der Waals surface area (Å²) in [5.74, 6) is -1.62. The molecule has 4 rings (SSSR count). The number of nitrogens with two attached hydrogens (primary N) is 2. The molecule has 0 saturated carbocycles. The van der Waals surface area contributed by atoms with Crippen molar-refractivity contribution < 1.29 is 28.0 Å². The number of hydrogen-bond acceptors (Lipinski definition) is 10. The molecule has 4 aromatic carbocycles. The number of rotatable bonds is 7. The maximum Gasteiger partial charge on any atom is 0.339 e. The van der Waals surface area contributed by atoms with Crippen molar-refractivity contribution in [3.05, 3.63) is 83.4 Å². The van der Waals surface area contributed by atoms with Crippen LogP contribution in [0.1, 0.15) is 21.5 Å². The molecule has 15 heteroatoms. The first-order valence-electron chi connectivity index (χ1n) is 11.6. The second kappa shape index (κ2) is 14.4. The second-order valence-electron chi connectivity index (χ2n) is 8.83. The fourth-order valence-corrected chi connectivity index (χ4v) is 4.40. The Morgan fingerprint density at radius 2 is 1.24 bits per heavy atom. The van der Waals surface area contributed by atoms with Gasteiger partial charge in [-0.05, 0) is 90.7 Å². The molecule has 0 amide bonds. The second-order valence-corrected chi connectivity index (χ2v) is 10.2. The Kier molecular flexibility index (Phi) is 12.0. The molecule has 0 aromatic heterocycles. The predicted molar refractivity (Wildman–Crippen MR) is 161 cm³/mol. The van der Waals surface area contributed by atoms with Crippen LogP contribution in [0.15, 0.2) is 92.1 Å². The van der Waals surface area contributed by atoms with E-state index in [1.807, 2.05) is 38.1 Å². The van der Waals surface area contributed by atoms with Gasteiger partial charge in [0.25, 0.3) is 10.1 Å². The number of benzene rings is 4. The normalized spacial score (nSPS) is 11.3. The van der Waals surface area contributed by atoms with Crippen LogP contribution in [-0.2, 0) is 10.1 Å². The van der Waals surface area contributed by atoms with Crippen molar-refractivity contribution in [3.63, 3.8) is 0 Å². The minimum Gasteiger partial charge on any atom is -0.507 e. The zero-order valence-corrected chi connectivity index (χ0v) is 28.1. The molecule has 0 unspecified atom stereocenters. The van der Waals surface area contributed by atoms with Crippen LogP contribution >= 0.6 is 0 Å². The van der Waals surface area contributed by atoms with Gasteiger partial charge in [0, 0.05) is 59.1 Å². The Bertz CT molecular complexity index is 1830. The van der Waals surface area contributed by atoms with E-state index in [1.54, 1.807) is 12.1 Å². The van der Waals surface area contributed by atoms with Gasteiger partial charge in [-0.25, -0.2) is 4.79 Å². The number of carboxylic acid groups (broad SMARTS) is 1. The van der Waals surface area contributed by atoms with Crippen molar-refractivity contribution in [2.75, 3.05) is 11.5 Å². The third-order valence-corrected chi connectivity index (χ3v) is 6.82. The Labute approximate surface area is 285 Å². The zero-order chi connectivity index (χ0) is 29.2. The Balaban J connectivity index is 0.00000308.